The van der Waals surface area contributed by atoms with Gasteiger partial charge in [-0.05, 0) is 30.7 Å². The minimum Gasteiger partial charge on any atom is -0.351 e. The summed E-state index contributed by atoms with van der Waals surface area (Å²) in [6, 6.07) is 11.5. The Labute approximate surface area is 151 Å². The number of sulfonamides is 1. The van der Waals surface area contributed by atoms with Crippen molar-refractivity contribution in [3.8, 4) is 0 Å². The van der Waals surface area contributed by atoms with E-state index >= 15 is 0 Å². The largest absolute Gasteiger partial charge is 0.351 e. The second-order valence-electron chi connectivity index (χ2n) is 5.85. The predicted molar refractivity (Wildman–Crippen MR) is 95.1 cm³/mol. The van der Waals surface area contributed by atoms with Gasteiger partial charge in [0.15, 0.2) is 11.6 Å². The fraction of sp³-hybridized carbons (Fsp3) is 0.278. The third-order valence-electron chi connectivity index (χ3n) is 3.94. The third kappa shape index (κ3) is 5.09. The molecule has 0 aliphatic carbocycles. The van der Waals surface area contributed by atoms with Gasteiger partial charge in [-0.25, -0.2) is 17.2 Å². The summed E-state index contributed by atoms with van der Waals surface area (Å²) in [4.78, 5) is 12.0. The van der Waals surface area contributed by atoms with E-state index in [2.05, 4.69) is 5.32 Å². The van der Waals surface area contributed by atoms with Gasteiger partial charge in [-0.2, -0.15) is 4.31 Å². The summed E-state index contributed by atoms with van der Waals surface area (Å²) in [5.41, 5.74) is 0.788. The number of carbonyl (C=O) groups excluding carboxylic acids is 1. The second kappa shape index (κ2) is 8.37. The molecule has 0 fully saturated rings. The number of rotatable bonds is 7. The lowest BCUT2D eigenvalue weighted by molar-refractivity contribution is 0.0950. The highest BCUT2D eigenvalue weighted by Gasteiger charge is 2.24. The molecule has 8 heteroatoms. The monoisotopic (exact) mass is 382 g/mol. The Morgan fingerprint density at radius 2 is 1.77 bits per heavy atom. The number of halogens is 2. The molecular formula is C18H20F2N2O3S. The molecule has 5 nitrogen and oxygen atoms in total. The van der Waals surface area contributed by atoms with Crippen LogP contribution in [0.25, 0.3) is 0 Å². The molecule has 0 heterocycles. The van der Waals surface area contributed by atoms with Crippen molar-refractivity contribution in [2.45, 2.75) is 13.0 Å². The smallest absolute Gasteiger partial charge is 0.251 e. The van der Waals surface area contributed by atoms with Crippen LogP contribution in [0, 0.1) is 11.6 Å². The molecule has 0 aliphatic heterocycles. The minimum atomic E-state index is -3.51. The maximum atomic E-state index is 13.2. The van der Waals surface area contributed by atoms with Crippen LogP contribution in [-0.2, 0) is 10.0 Å². The molecule has 0 saturated heterocycles. The average Bonchev–Trinajstić information content (AvgIpc) is 2.60. The van der Waals surface area contributed by atoms with Gasteiger partial charge < -0.3 is 5.32 Å². The molecule has 140 valence electrons. The molecule has 0 spiro atoms. The molecule has 1 unspecified atom stereocenters. The summed E-state index contributed by atoms with van der Waals surface area (Å²) in [6.07, 6.45) is 1.10. The summed E-state index contributed by atoms with van der Waals surface area (Å²) < 4.78 is 51.6. The van der Waals surface area contributed by atoms with Gasteiger partial charge in [0, 0.05) is 24.7 Å². The van der Waals surface area contributed by atoms with E-state index in [1.54, 1.807) is 6.92 Å². The number of amides is 1. The van der Waals surface area contributed by atoms with Crippen LogP contribution in [0.4, 0.5) is 8.78 Å². The molecule has 2 aromatic rings. The van der Waals surface area contributed by atoms with E-state index in [1.165, 1.54) is 4.31 Å². The third-order valence-corrected chi connectivity index (χ3v) is 5.29. The Morgan fingerprint density at radius 3 is 2.35 bits per heavy atom. The molecule has 1 atom stereocenters. The first-order valence-corrected chi connectivity index (χ1v) is 9.80. The van der Waals surface area contributed by atoms with Crippen molar-refractivity contribution < 1.29 is 22.0 Å². The van der Waals surface area contributed by atoms with Crippen molar-refractivity contribution in [1.29, 1.82) is 0 Å². The molecule has 0 radical (unpaired) electrons. The van der Waals surface area contributed by atoms with Crippen molar-refractivity contribution in [3.63, 3.8) is 0 Å². The molecule has 1 N–H and O–H groups in total. The summed E-state index contributed by atoms with van der Waals surface area (Å²) in [5.74, 6) is -2.76. The van der Waals surface area contributed by atoms with E-state index in [1.807, 2.05) is 30.3 Å². The van der Waals surface area contributed by atoms with Gasteiger partial charge in [-0.1, -0.05) is 30.3 Å². The van der Waals surface area contributed by atoms with E-state index in [9.17, 15) is 22.0 Å². The number of benzene rings is 2. The lowest BCUT2D eigenvalue weighted by Crippen LogP contribution is -2.39. The van der Waals surface area contributed by atoms with E-state index in [0.29, 0.717) is 0 Å². The van der Waals surface area contributed by atoms with Crippen molar-refractivity contribution >= 4 is 15.9 Å². The normalized spacial score (nSPS) is 12.8. The SMILES string of the molecule is CC(c1ccccc1)N(CCNC(=O)c1ccc(F)c(F)c1)S(C)(=O)=O. The highest BCUT2D eigenvalue weighted by atomic mass is 32.2. The van der Waals surface area contributed by atoms with Gasteiger partial charge in [0.2, 0.25) is 10.0 Å². The summed E-state index contributed by atoms with van der Waals surface area (Å²) >= 11 is 0. The first kappa shape index (κ1) is 20.0. The van der Waals surface area contributed by atoms with Crippen molar-refractivity contribution in [3.05, 3.63) is 71.3 Å². The van der Waals surface area contributed by atoms with Crippen molar-refractivity contribution in [2.24, 2.45) is 0 Å². The molecule has 0 aromatic heterocycles. The van der Waals surface area contributed by atoms with Crippen LogP contribution in [0.15, 0.2) is 48.5 Å². The number of nitrogens with one attached hydrogen (secondary N) is 1. The standard InChI is InChI=1S/C18H20F2N2O3S/c1-13(14-6-4-3-5-7-14)22(26(2,24)25)11-10-21-18(23)15-8-9-16(19)17(20)12-15/h3-9,12-13H,10-11H2,1-2H3,(H,21,23). The number of hydrogen-bond donors (Lipinski definition) is 1. The average molecular weight is 382 g/mol. The van der Waals surface area contributed by atoms with Gasteiger partial charge in [0.1, 0.15) is 0 Å². The van der Waals surface area contributed by atoms with E-state index in [-0.39, 0.29) is 18.7 Å². The molecular weight excluding hydrogens is 362 g/mol. The Hall–Kier alpha value is -2.32. The Kier molecular flexibility index (Phi) is 6.44. The fourth-order valence-electron chi connectivity index (χ4n) is 2.56. The van der Waals surface area contributed by atoms with Crippen LogP contribution in [0.1, 0.15) is 28.9 Å². The van der Waals surface area contributed by atoms with Crippen LogP contribution in [0.2, 0.25) is 0 Å². The summed E-state index contributed by atoms with van der Waals surface area (Å²) in [5, 5.41) is 2.52. The van der Waals surface area contributed by atoms with Crippen molar-refractivity contribution in [2.75, 3.05) is 19.3 Å². The van der Waals surface area contributed by atoms with Gasteiger partial charge >= 0.3 is 0 Å². The lowest BCUT2D eigenvalue weighted by Gasteiger charge is -2.27. The maximum absolute atomic E-state index is 13.2. The van der Waals surface area contributed by atoms with Crippen LogP contribution < -0.4 is 5.32 Å². The first-order chi connectivity index (χ1) is 12.2. The number of nitrogens with zero attached hydrogens (tertiary/aromatic N) is 1. The zero-order chi connectivity index (χ0) is 19.3. The molecule has 0 bridgehead atoms. The Morgan fingerprint density at radius 1 is 1.12 bits per heavy atom. The van der Waals surface area contributed by atoms with Crippen LogP contribution in [0.5, 0.6) is 0 Å². The molecule has 0 aliphatic rings. The molecule has 1 amide bonds. The van der Waals surface area contributed by atoms with Gasteiger partial charge in [0.05, 0.1) is 6.26 Å². The van der Waals surface area contributed by atoms with E-state index in [0.717, 1.165) is 30.0 Å². The van der Waals surface area contributed by atoms with Gasteiger partial charge in [0.25, 0.3) is 5.91 Å². The highest BCUT2D eigenvalue weighted by molar-refractivity contribution is 7.88. The minimum absolute atomic E-state index is 0.0298. The summed E-state index contributed by atoms with van der Waals surface area (Å²) in [7, 11) is -3.51. The topological polar surface area (TPSA) is 66.5 Å². The maximum Gasteiger partial charge on any atom is 0.251 e. The lowest BCUT2D eigenvalue weighted by atomic mass is 10.1. The highest BCUT2D eigenvalue weighted by Crippen LogP contribution is 2.22. The summed E-state index contributed by atoms with van der Waals surface area (Å²) in [6.45, 7) is 1.83. The molecule has 2 rings (SSSR count). The van der Waals surface area contributed by atoms with Crippen LogP contribution in [-0.4, -0.2) is 38.0 Å². The van der Waals surface area contributed by atoms with E-state index < -0.39 is 33.6 Å². The fourth-order valence-corrected chi connectivity index (χ4v) is 3.68. The zero-order valence-corrected chi connectivity index (χ0v) is 15.3. The Balaban J connectivity index is 2.04. The van der Waals surface area contributed by atoms with E-state index in [4.69, 9.17) is 0 Å². The predicted octanol–water partition coefficient (Wildman–Crippen LogP) is 2.72. The quantitative estimate of drug-likeness (QED) is 0.801. The van der Waals surface area contributed by atoms with Gasteiger partial charge in [-0.15, -0.1) is 0 Å². The number of carbonyl (C=O) groups is 1. The zero-order valence-electron chi connectivity index (χ0n) is 14.4. The first-order valence-electron chi connectivity index (χ1n) is 7.95. The molecule has 2 aromatic carbocycles. The molecule has 26 heavy (non-hydrogen) atoms. The Bertz CT molecular complexity index is 873. The van der Waals surface area contributed by atoms with Crippen molar-refractivity contribution in [1.82, 2.24) is 9.62 Å². The van der Waals surface area contributed by atoms with Crippen LogP contribution in [0.3, 0.4) is 0 Å². The number of hydrogen-bond acceptors (Lipinski definition) is 3. The molecule has 0 saturated carbocycles. The second-order valence-corrected chi connectivity index (χ2v) is 7.78. The van der Waals surface area contributed by atoms with Crippen LogP contribution >= 0.6 is 0 Å². The van der Waals surface area contributed by atoms with Gasteiger partial charge in [-0.3, -0.25) is 4.79 Å².